The highest BCUT2D eigenvalue weighted by Crippen LogP contribution is 2.37. The normalized spacial score (nSPS) is 21.2. The number of hydrogen-bond acceptors (Lipinski definition) is 6. The van der Waals surface area contributed by atoms with E-state index >= 15 is 0 Å². The van der Waals surface area contributed by atoms with Crippen LogP contribution in [0.2, 0.25) is 0 Å². The molecule has 2 fully saturated rings. The first-order chi connectivity index (χ1) is 12.4. The van der Waals surface area contributed by atoms with Crippen LogP contribution in [0.15, 0.2) is 18.6 Å². The maximum atomic E-state index is 4.96. The zero-order chi connectivity index (χ0) is 16.6. The quantitative estimate of drug-likeness (QED) is 0.840. The van der Waals surface area contributed by atoms with Gasteiger partial charge in [-0.05, 0) is 57.4 Å². The van der Waals surface area contributed by atoms with Gasteiger partial charge in [0.15, 0.2) is 5.13 Å². The second-order valence-electron chi connectivity index (χ2n) is 7.50. The maximum Gasteiger partial charge on any atom is 0.185 e. The highest BCUT2D eigenvalue weighted by molar-refractivity contribution is 7.15. The monoisotopic (exact) mass is 355 g/mol. The van der Waals surface area contributed by atoms with Crippen LogP contribution in [0, 0.1) is 0 Å². The number of hydrogen-bond donors (Lipinski definition) is 0. The molecule has 5 rings (SSSR count). The van der Waals surface area contributed by atoms with Gasteiger partial charge in [0.1, 0.15) is 12.1 Å². The van der Waals surface area contributed by atoms with Gasteiger partial charge in [-0.1, -0.05) is 0 Å². The van der Waals surface area contributed by atoms with Gasteiger partial charge in [0.05, 0.1) is 5.69 Å². The molecule has 2 aromatic heterocycles. The van der Waals surface area contributed by atoms with Crippen molar-refractivity contribution in [3.8, 4) is 0 Å². The summed E-state index contributed by atoms with van der Waals surface area (Å²) >= 11 is 1.95. The Bertz CT molecular complexity index is 695. The molecule has 5 nitrogen and oxygen atoms in total. The number of rotatable bonds is 4. The van der Waals surface area contributed by atoms with Crippen molar-refractivity contribution in [2.24, 2.45) is 0 Å². The standard InChI is InChI=1S/C19H25N5S/c1-2-4-17-16(3-1)22-19(25-17)23-11-8-15(9-12-23)24(14-5-6-14)18-7-10-20-13-21-18/h7,10,13-15H,1-6,8-9,11-12H2. The fourth-order valence-corrected chi connectivity index (χ4v) is 5.47. The number of piperidine rings is 1. The average Bonchev–Trinajstić information content (AvgIpc) is 3.40. The third-order valence-corrected chi connectivity index (χ3v) is 6.95. The van der Waals surface area contributed by atoms with E-state index in [1.54, 1.807) is 11.2 Å². The maximum absolute atomic E-state index is 4.96. The highest BCUT2D eigenvalue weighted by Gasteiger charge is 2.36. The fraction of sp³-hybridized carbons (Fsp3) is 0.632. The van der Waals surface area contributed by atoms with Crippen molar-refractivity contribution < 1.29 is 0 Å². The van der Waals surface area contributed by atoms with Crippen LogP contribution >= 0.6 is 11.3 Å². The summed E-state index contributed by atoms with van der Waals surface area (Å²) in [4.78, 5) is 20.2. The molecule has 0 N–H and O–H groups in total. The molecule has 6 heteroatoms. The molecule has 0 spiro atoms. The molecule has 0 radical (unpaired) electrons. The van der Waals surface area contributed by atoms with E-state index in [9.17, 15) is 0 Å². The molecule has 3 heterocycles. The molecule has 132 valence electrons. The van der Waals surface area contributed by atoms with Crippen LogP contribution in [0.25, 0.3) is 0 Å². The summed E-state index contributed by atoms with van der Waals surface area (Å²) in [6, 6.07) is 3.37. The predicted molar refractivity (Wildman–Crippen MR) is 102 cm³/mol. The number of nitrogens with zero attached hydrogens (tertiary/aromatic N) is 5. The minimum absolute atomic E-state index is 0.605. The smallest absolute Gasteiger partial charge is 0.185 e. The Hall–Kier alpha value is -1.69. The van der Waals surface area contributed by atoms with Crippen LogP contribution in [0.1, 0.15) is 49.1 Å². The van der Waals surface area contributed by atoms with Gasteiger partial charge in [0.25, 0.3) is 0 Å². The van der Waals surface area contributed by atoms with Crippen molar-refractivity contribution in [2.75, 3.05) is 22.9 Å². The second kappa shape index (κ2) is 6.56. The third-order valence-electron chi connectivity index (χ3n) is 5.73. The number of thiazole rings is 1. The van der Waals surface area contributed by atoms with E-state index in [2.05, 4.69) is 25.8 Å². The van der Waals surface area contributed by atoms with Crippen LogP contribution in [-0.2, 0) is 12.8 Å². The first-order valence-corrected chi connectivity index (χ1v) is 10.5. The van der Waals surface area contributed by atoms with Crippen molar-refractivity contribution in [1.29, 1.82) is 0 Å². The fourth-order valence-electron chi connectivity index (χ4n) is 4.27. The van der Waals surface area contributed by atoms with E-state index in [1.807, 2.05) is 17.5 Å². The predicted octanol–water partition coefficient (Wildman–Crippen LogP) is 3.45. The van der Waals surface area contributed by atoms with Gasteiger partial charge in [-0.15, -0.1) is 11.3 Å². The molecule has 2 aromatic rings. The number of aryl methyl sites for hydroxylation is 2. The van der Waals surface area contributed by atoms with Crippen LogP contribution in [0.4, 0.5) is 10.9 Å². The van der Waals surface area contributed by atoms with Crippen LogP contribution in [0.3, 0.4) is 0 Å². The topological polar surface area (TPSA) is 45.2 Å². The van der Waals surface area contributed by atoms with Crippen LogP contribution in [-0.4, -0.2) is 40.1 Å². The van der Waals surface area contributed by atoms with Gasteiger partial charge in [-0.2, -0.15) is 0 Å². The van der Waals surface area contributed by atoms with Crippen LogP contribution < -0.4 is 9.80 Å². The average molecular weight is 356 g/mol. The zero-order valence-electron chi connectivity index (χ0n) is 14.6. The van der Waals surface area contributed by atoms with Gasteiger partial charge < -0.3 is 9.80 Å². The first-order valence-electron chi connectivity index (χ1n) is 9.66. The van der Waals surface area contributed by atoms with E-state index in [0.717, 1.165) is 18.9 Å². The number of anilines is 2. The Morgan fingerprint density at radius 2 is 1.84 bits per heavy atom. The van der Waals surface area contributed by atoms with Crippen molar-refractivity contribution in [3.63, 3.8) is 0 Å². The zero-order valence-corrected chi connectivity index (χ0v) is 15.4. The molecule has 0 atom stereocenters. The third kappa shape index (κ3) is 3.12. The van der Waals surface area contributed by atoms with Crippen LogP contribution in [0.5, 0.6) is 0 Å². The van der Waals surface area contributed by atoms with Crippen molar-refractivity contribution in [3.05, 3.63) is 29.2 Å². The summed E-state index contributed by atoms with van der Waals surface area (Å²) in [5, 5.41) is 1.27. The Morgan fingerprint density at radius 1 is 1.04 bits per heavy atom. The lowest BCUT2D eigenvalue weighted by Gasteiger charge is -2.39. The van der Waals surface area contributed by atoms with Gasteiger partial charge in [0.2, 0.25) is 0 Å². The molecule has 1 saturated heterocycles. The summed E-state index contributed by atoms with van der Waals surface area (Å²) < 4.78 is 0. The van der Waals surface area contributed by atoms with E-state index in [-0.39, 0.29) is 0 Å². The largest absolute Gasteiger partial charge is 0.350 e. The molecule has 2 aliphatic carbocycles. The lowest BCUT2D eigenvalue weighted by Crippen LogP contribution is -2.46. The SMILES string of the molecule is c1cc(N(C2CC2)C2CCN(c3nc4c(s3)CCCC4)CC2)ncn1. The minimum atomic E-state index is 0.605. The Kier molecular flexibility index (Phi) is 4.08. The summed E-state index contributed by atoms with van der Waals surface area (Å²) in [5.41, 5.74) is 1.38. The molecule has 1 saturated carbocycles. The number of fused-ring (bicyclic) bond motifs is 1. The lowest BCUT2D eigenvalue weighted by atomic mass is 10.0. The first kappa shape index (κ1) is 15.6. The van der Waals surface area contributed by atoms with E-state index in [1.165, 1.54) is 62.2 Å². The van der Waals surface area contributed by atoms with Crippen molar-refractivity contribution in [2.45, 2.75) is 63.5 Å². The highest BCUT2D eigenvalue weighted by atomic mass is 32.1. The molecular weight excluding hydrogens is 330 g/mol. The summed E-state index contributed by atoms with van der Waals surface area (Å²) in [7, 11) is 0. The Morgan fingerprint density at radius 3 is 2.56 bits per heavy atom. The number of aromatic nitrogens is 3. The van der Waals surface area contributed by atoms with Gasteiger partial charge >= 0.3 is 0 Å². The van der Waals surface area contributed by atoms with Crippen molar-refractivity contribution in [1.82, 2.24) is 15.0 Å². The summed E-state index contributed by atoms with van der Waals surface area (Å²) in [5.74, 6) is 1.11. The molecule has 3 aliphatic rings. The molecular formula is C19H25N5S. The second-order valence-corrected chi connectivity index (χ2v) is 8.56. The van der Waals surface area contributed by atoms with E-state index < -0.39 is 0 Å². The molecule has 1 aliphatic heterocycles. The van der Waals surface area contributed by atoms with Crippen molar-refractivity contribution >= 4 is 22.3 Å². The van der Waals surface area contributed by atoms with Gasteiger partial charge in [0, 0.05) is 36.2 Å². The molecule has 0 amide bonds. The summed E-state index contributed by atoms with van der Waals surface area (Å²) in [6.45, 7) is 2.23. The minimum Gasteiger partial charge on any atom is -0.350 e. The molecule has 0 bridgehead atoms. The molecule has 0 unspecified atom stereocenters. The van der Waals surface area contributed by atoms with Gasteiger partial charge in [-0.3, -0.25) is 0 Å². The Balaban J connectivity index is 1.28. The van der Waals surface area contributed by atoms with E-state index in [4.69, 9.17) is 4.98 Å². The molecule has 25 heavy (non-hydrogen) atoms. The van der Waals surface area contributed by atoms with Gasteiger partial charge in [-0.25, -0.2) is 15.0 Å². The lowest BCUT2D eigenvalue weighted by molar-refractivity contribution is 0.458. The Labute approximate surface area is 153 Å². The van der Waals surface area contributed by atoms with E-state index in [0.29, 0.717) is 12.1 Å². The summed E-state index contributed by atoms with van der Waals surface area (Å²) in [6.07, 6.45) is 13.6. The molecule has 0 aromatic carbocycles.